The molecule has 3 nitrogen and oxygen atoms in total. The number of benzene rings is 1. The number of nitrogens with zero attached hydrogens (tertiary/aromatic N) is 1. The molecule has 3 heteroatoms. The van der Waals surface area contributed by atoms with Crippen LogP contribution in [0.5, 0.6) is 0 Å². The molecule has 21 heavy (non-hydrogen) atoms. The minimum Gasteiger partial charge on any atom is -0.478 e. The number of aromatic carboxylic acids is 1. The third-order valence-electron chi connectivity index (χ3n) is 3.64. The molecule has 0 fully saturated rings. The summed E-state index contributed by atoms with van der Waals surface area (Å²) in [6.45, 7) is 10.1. The van der Waals surface area contributed by atoms with E-state index in [0.717, 1.165) is 11.3 Å². The maximum absolute atomic E-state index is 11.4. The molecular formula is C18H21NO2. The van der Waals surface area contributed by atoms with Crippen LogP contribution in [0.15, 0.2) is 30.3 Å². The van der Waals surface area contributed by atoms with E-state index in [9.17, 15) is 9.90 Å². The highest BCUT2D eigenvalue weighted by atomic mass is 16.4. The van der Waals surface area contributed by atoms with Gasteiger partial charge < -0.3 is 5.11 Å². The molecule has 0 amide bonds. The molecule has 0 aliphatic carbocycles. The normalized spacial score (nSPS) is 11.5. The van der Waals surface area contributed by atoms with Crippen molar-refractivity contribution in [1.29, 1.82) is 0 Å². The quantitative estimate of drug-likeness (QED) is 0.890. The summed E-state index contributed by atoms with van der Waals surface area (Å²) in [6.07, 6.45) is 0. The third-order valence-corrected chi connectivity index (χ3v) is 3.64. The first-order valence-electron chi connectivity index (χ1n) is 7.02. The van der Waals surface area contributed by atoms with Crippen LogP contribution >= 0.6 is 0 Å². The predicted octanol–water partition coefficient (Wildman–Crippen LogP) is 4.36. The highest BCUT2D eigenvalue weighted by molar-refractivity contribution is 5.89. The van der Waals surface area contributed by atoms with Crippen molar-refractivity contribution in [2.75, 3.05) is 0 Å². The molecule has 0 bridgehead atoms. The van der Waals surface area contributed by atoms with Crippen LogP contribution in [-0.2, 0) is 5.41 Å². The topological polar surface area (TPSA) is 50.2 Å². The average molecular weight is 283 g/mol. The van der Waals surface area contributed by atoms with Gasteiger partial charge in [-0.2, -0.15) is 0 Å². The van der Waals surface area contributed by atoms with Crippen molar-refractivity contribution in [3.8, 4) is 11.3 Å². The van der Waals surface area contributed by atoms with Crippen LogP contribution in [0.3, 0.4) is 0 Å². The van der Waals surface area contributed by atoms with Crippen molar-refractivity contribution in [2.45, 2.75) is 40.0 Å². The van der Waals surface area contributed by atoms with Crippen LogP contribution in [0, 0.1) is 13.8 Å². The van der Waals surface area contributed by atoms with Gasteiger partial charge in [0.25, 0.3) is 0 Å². The number of hydrogen-bond donors (Lipinski definition) is 1. The number of carboxylic acid groups (broad SMARTS) is 1. The van der Waals surface area contributed by atoms with Crippen molar-refractivity contribution in [3.63, 3.8) is 0 Å². The van der Waals surface area contributed by atoms with Crippen molar-refractivity contribution in [2.24, 2.45) is 0 Å². The van der Waals surface area contributed by atoms with Gasteiger partial charge in [0.2, 0.25) is 0 Å². The Hall–Kier alpha value is -2.16. The first kappa shape index (κ1) is 15.2. The Bertz CT molecular complexity index is 697. The Balaban J connectivity index is 2.61. The molecule has 2 aromatic rings. The van der Waals surface area contributed by atoms with E-state index in [0.29, 0.717) is 5.69 Å². The summed E-state index contributed by atoms with van der Waals surface area (Å²) in [4.78, 5) is 16.0. The van der Waals surface area contributed by atoms with Gasteiger partial charge in [0.15, 0.2) is 0 Å². The highest BCUT2D eigenvalue weighted by Gasteiger charge is 2.24. The maximum atomic E-state index is 11.4. The SMILES string of the molecule is Cc1ccc(-c2ccc(C(=O)O)c(C(C)(C)C)n2)cc1C. The van der Waals surface area contributed by atoms with Crippen molar-refractivity contribution in [1.82, 2.24) is 4.98 Å². The standard InChI is InChI=1S/C18H21NO2/c1-11-6-7-13(10-12(11)2)15-9-8-14(17(20)21)16(19-15)18(3,4)5/h6-10H,1-5H3,(H,20,21). The molecule has 0 saturated carbocycles. The minimum atomic E-state index is -0.931. The molecule has 2 rings (SSSR count). The Kier molecular flexibility index (Phi) is 3.86. The van der Waals surface area contributed by atoms with Crippen LogP contribution < -0.4 is 0 Å². The fourth-order valence-corrected chi connectivity index (χ4v) is 2.26. The molecule has 1 heterocycles. The fraction of sp³-hybridized carbons (Fsp3) is 0.333. The second kappa shape index (κ2) is 5.32. The van der Waals surface area contributed by atoms with E-state index in [1.54, 1.807) is 12.1 Å². The van der Waals surface area contributed by atoms with Crippen LogP contribution in [-0.4, -0.2) is 16.1 Å². The molecular weight excluding hydrogens is 262 g/mol. The van der Waals surface area contributed by atoms with Crippen molar-refractivity contribution >= 4 is 5.97 Å². The zero-order valence-electron chi connectivity index (χ0n) is 13.2. The monoisotopic (exact) mass is 283 g/mol. The summed E-state index contributed by atoms with van der Waals surface area (Å²) in [5, 5.41) is 9.33. The van der Waals surface area contributed by atoms with Crippen LogP contribution in [0.4, 0.5) is 0 Å². The molecule has 0 radical (unpaired) electrons. The van der Waals surface area contributed by atoms with Crippen LogP contribution in [0.25, 0.3) is 11.3 Å². The smallest absolute Gasteiger partial charge is 0.337 e. The van der Waals surface area contributed by atoms with E-state index in [1.807, 2.05) is 26.8 Å². The second-order valence-corrected chi connectivity index (χ2v) is 6.45. The number of carboxylic acids is 1. The highest BCUT2D eigenvalue weighted by Crippen LogP contribution is 2.28. The van der Waals surface area contributed by atoms with Gasteiger partial charge in [-0.15, -0.1) is 0 Å². The fourth-order valence-electron chi connectivity index (χ4n) is 2.26. The number of hydrogen-bond acceptors (Lipinski definition) is 2. The molecule has 0 aliphatic heterocycles. The lowest BCUT2D eigenvalue weighted by Crippen LogP contribution is -2.19. The zero-order valence-corrected chi connectivity index (χ0v) is 13.2. The Morgan fingerprint density at radius 2 is 1.71 bits per heavy atom. The number of carbonyl (C=O) groups is 1. The first-order chi connectivity index (χ1) is 9.70. The number of rotatable bonds is 2. The molecule has 0 unspecified atom stereocenters. The van der Waals surface area contributed by atoms with E-state index >= 15 is 0 Å². The van der Waals surface area contributed by atoms with E-state index < -0.39 is 5.97 Å². The summed E-state index contributed by atoms with van der Waals surface area (Å²) >= 11 is 0. The minimum absolute atomic E-state index is 0.273. The van der Waals surface area contributed by atoms with E-state index in [4.69, 9.17) is 0 Å². The molecule has 1 aromatic carbocycles. The van der Waals surface area contributed by atoms with E-state index in [2.05, 4.69) is 31.0 Å². The van der Waals surface area contributed by atoms with Gasteiger partial charge in [-0.05, 0) is 43.2 Å². The molecule has 110 valence electrons. The number of aromatic nitrogens is 1. The number of aryl methyl sites for hydroxylation is 2. The van der Waals surface area contributed by atoms with Gasteiger partial charge in [0, 0.05) is 11.0 Å². The van der Waals surface area contributed by atoms with Gasteiger partial charge in [-0.25, -0.2) is 4.79 Å². The summed E-state index contributed by atoms with van der Waals surface area (Å²) < 4.78 is 0. The summed E-state index contributed by atoms with van der Waals surface area (Å²) in [6, 6.07) is 9.61. The Morgan fingerprint density at radius 1 is 1.05 bits per heavy atom. The van der Waals surface area contributed by atoms with Gasteiger partial charge in [0.05, 0.1) is 17.0 Å². The van der Waals surface area contributed by atoms with Gasteiger partial charge in [-0.1, -0.05) is 32.9 Å². The average Bonchev–Trinajstić information content (AvgIpc) is 2.40. The summed E-state index contributed by atoms with van der Waals surface area (Å²) in [5.74, 6) is -0.931. The lowest BCUT2D eigenvalue weighted by atomic mass is 9.87. The lowest BCUT2D eigenvalue weighted by molar-refractivity contribution is 0.0693. The maximum Gasteiger partial charge on any atom is 0.337 e. The third kappa shape index (κ3) is 3.13. The molecule has 1 aromatic heterocycles. The summed E-state index contributed by atoms with van der Waals surface area (Å²) in [5.41, 5.74) is 4.84. The van der Waals surface area contributed by atoms with E-state index in [1.165, 1.54) is 11.1 Å². The predicted molar refractivity (Wildman–Crippen MR) is 84.8 cm³/mol. The van der Waals surface area contributed by atoms with Crippen molar-refractivity contribution in [3.05, 3.63) is 52.7 Å². The zero-order chi connectivity index (χ0) is 15.8. The molecule has 0 saturated heterocycles. The Labute approximate surface area is 125 Å². The van der Waals surface area contributed by atoms with Crippen molar-refractivity contribution < 1.29 is 9.90 Å². The van der Waals surface area contributed by atoms with Crippen LogP contribution in [0.2, 0.25) is 0 Å². The molecule has 0 spiro atoms. The lowest BCUT2D eigenvalue weighted by Gasteiger charge is -2.21. The molecule has 1 N–H and O–H groups in total. The second-order valence-electron chi connectivity index (χ2n) is 6.45. The molecule has 0 aliphatic rings. The van der Waals surface area contributed by atoms with Crippen LogP contribution in [0.1, 0.15) is 48.0 Å². The van der Waals surface area contributed by atoms with Gasteiger partial charge in [0.1, 0.15) is 0 Å². The Morgan fingerprint density at radius 3 is 2.24 bits per heavy atom. The van der Waals surface area contributed by atoms with E-state index in [-0.39, 0.29) is 11.0 Å². The first-order valence-corrected chi connectivity index (χ1v) is 7.02. The molecule has 0 atom stereocenters. The number of pyridine rings is 1. The van der Waals surface area contributed by atoms with Gasteiger partial charge in [-0.3, -0.25) is 4.98 Å². The summed E-state index contributed by atoms with van der Waals surface area (Å²) in [7, 11) is 0. The largest absolute Gasteiger partial charge is 0.478 e. The van der Waals surface area contributed by atoms with Gasteiger partial charge >= 0.3 is 5.97 Å².